The van der Waals surface area contributed by atoms with Crippen molar-refractivity contribution in [1.29, 1.82) is 0 Å². The van der Waals surface area contributed by atoms with Crippen molar-refractivity contribution in [3.8, 4) is 0 Å². The summed E-state index contributed by atoms with van der Waals surface area (Å²) in [6.45, 7) is 4.87. The second-order valence-electron chi connectivity index (χ2n) is 20.3. The molecule has 0 aliphatic heterocycles. The first-order valence-electron chi connectivity index (χ1n) is 29.6. The number of rotatable bonds is 55. The Hall–Kier alpha value is -1.66. The van der Waals surface area contributed by atoms with Crippen molar-refractivity contribution in [1.82, 2.24) is 5.32 Å². The van der Waals surface area contributed by atoms with E-state index >= 15 is 0 Å². The number of hydrogen-bond acceptors (Lipinski definition) is 5. The molecule has 0 fully saturated rings. The van der Waals surface area contributed by atoms with Crippen molar-refractivity contribution in [2.45, 2.75) is 334 Å². The fourth-order valence-electron chi connectivity index (χ4n) is 9.16. The zero-order chi connectivity index (χ0) is 47.9. The maximum atomic E-state index is 12.5. The van der Waals surface area contributed by atoms with Gasteiger partial charge in [-0.3, -0.25) is 9.59 Å². The molecule has 390 valence electrons. The predicted molar refractivity (Wildman–Crippen MR) is 287 cm³/mol. The lowest BCUT2D eigenvalue weighted by molar-refractivity contribution is -0.143. The summed E-state index contributed by atoms with van der Waals surface area (Å²) in [6, 6.07) is -0.647. The number of aliphatic hydroxyl groups is 2. The highest BCUT2D eigenvalue weighted by atomic mass is 16.5. The third kappa shape index (κ3) is 51.7. The molecule has 6 heteroatoms. The van der Waals surface area contributed by atoms with Gasteiger partial charge in [-0.2, -0.15) is 0 Å². The molecule has 0 heterocycles. The predicted octanol–water partition coefficient (Wildman–Crippen LogP) is 18.2. The molecule has 1 amide bonds. The molecule has 0 bridgehead atoms. The third-order valence-corrected chi connectivity index (χ3v) is 13.7. The second-order valence-corrected chi connectivity index (χ2v) is 20.3. The second kappa shape index (κ2) is 55.9. The molecule has 0 rings (SSSR count). The minimum Gasteiger partial charge on any atom is -0.466 e. The van der Waals surface area contributed by atoms with Gasteiger partial charge in [-0.25, -0.2) is 0 Å². The molecule has 0 aromatic carbocycles. The number of allylic oxidation sites excluding steroid dienone is 3. The Morgan fingerprint density at radius 2 is 0.712 bits per heavy atom. The number of unbranched alkanes of at least 4 members (excludes halogenated alkanes) is 42. The van der Waals surface area contributed by atoms with Gasteiger partial charge in [0.1, 0.15) is 0 Å². The van der Waals surface area contributed by atoms with Crippen molar-refractivity contribution in [2.75, 3.05) is 13.2 Å². The average Bonchev–Trinajstić information content (AvgIpc) is 3.32. The van der Waals surface area contributed by atoms with Crippen molar-refractivity contribution in [3.63, 3.8) is 0 Å². The lowest BCUT2D eigenvalue weighted by Crippen LogP contribution is -2.45. The Balaban J connectivity index is 3.52. The highest BCUT2D eigenvalue weighted by Gasteiger charge is 2.18. The van der Waals surface area contributed by atoms with Crippen LogP contribution in [0.3, 0.4) is 0 Å². The Morgan fingerprint density at radius 3 is 1.08 bits per heavy atom. The van der Waals surface area contributed by atoms with Crippen LogP contribution in [-0.4, -0.2) is 47.4 Å². The number of nitrogens with one attached hydrogen (secondary N) is 1. The first-order valence-corrected chi connectivity index (χ1v) is 29.6. The molecule has 0 aromatic rings. The minimum atomic E-state index is -0.861. The van der Waals surface area contributed by atoms with Crippen LogP contribution in [0, 0.1) is 0 Å². The number of carbonyl (C=O) groups excluding carboxylic acids is 2. The van der Waals surface area contributed by atoms with E-state index in [2.05, 4.69) is 31.3 Å². The normalized spacial score (nSPS) is 12.7. The number of amides is 1. The summed E-state index contributed by atoms with van der Waals surface area (Å²) in [5.41, 5.74) is 0. The fourth-order valence-corrected chi connectivity index (χ4v) is 9.16. The lowest BCUT2D eigenvalue weighted by Gasteiger charge is -2.20. The summed E-state index contributed by atoms with van der Waals surface area (Å²) in [4.78, 5) is 24.5. The van der Waals surface area contributed by atoms with E-state index in [9.17, 15) is 19.8 Å². The number of esters is 1. The van der Waals surface area contributed by atoms with Gasteiger partial charge in [0.05, 0.1) is 25.4 Å². The fraction of sp³-hybridized carbons (Fsp3) is 0.900. The lowest BCUT2D eigenvalue weighted by atomic mass is 10.0. The smallest absolute Gasteiger partial charge is 0.305 e. The van der Waals surface area contributed by atoms with Crippen LogP contribution < -0.4 is 5.32 Å². The van der Waals surface area contributed by atoms with Gasteiger partial charge in [0, 0.05) is 12.8 Å². The SMILES string of the molecule is CCCCCCCCCCCCCCCCCCCCCC/C=C/C(O)C(CO)NC(=O)CCCCCCC/C=C\CCCCCOC(=O)CCCCCCCCCCCCCCCCC. The van der Waals surface area contributed by atoms with Gasteiger partial charge in [-0.05, 0) is 64.2 Å². The van der Waals surface area contributed by atoms with Crippen LogP contribution >= 0.6 is 0 Å². The molecule has 0 aromatic heterocycles. The minimum absolute atomic E-state index is 0.0209. The molecule has 0 radical (unpaired) electrons. The molecular weight excluding hydrogens is 815 g/mol. The van der Waals surface area contributed by atoms with Crippen LogP contribution in [0.4, 0.5) is 0 Å². The van der Waals surface area contributed by atoms with Crippen LogP contribution in [0.15, 0.2) is 24.3 Å². The third-order valence-electron chi connectivity index (χ3n) is 13.7. The van der Waals surface area contributed by atoms with Crippen molar-refractivity contribution in [2.24, 2.45) is 0 Å². The van der Waals surface area contributed by atoms with E-state index in [4.69, 9.17) is 4.74 Å². The molecule has 0 aliphatic rings. The average molecular weight is 931 g/mol. The van der Waals surface area contributed by atoms with E-state index in [0.717, 1.165) is 77.0 Å². The number of carbonyl (C=O) groups is 2. The van der Waals surface area contributed by atoms with Crippen molar-refractivity contribution >= 4 is 11.9 Å². The topological polar surface area (TPSA) is 95.9 Å². The largest absolute Gasteiger partial charge is 0.466 e. The zero-order valence-electron chi connectivity index (χ0n) is 44.4. The van der Waals surface area contributed by atoms with Crippen LogP contribution in [-0.2, 0) is 14.3 Å². The van der Waals surface area contributed by atoms with Gasteiger partial charge in [-0.15, -0.1) is 0 Å². The number of aliphatic hydroxyl groups excluding tert-OH is 2. The van der Waals surface area contributed by atoms with Gasteiger partial charge < -0.3 is 20.3 Å². The van der Waals surface area contributed by atoms with Gasteiger partial charge in [0.2, 0.25) is 5.91 Å². The van der Waals surface area contributed by atoms with Gasteiger partial charge in [0.25, 0.3) is 0 Å². The van der Waals surface area contributed by atoms with Crippen LogP contribution in [0.25, 0.3) is 0 Å². The quantitative estimate of drug-likeness (QED) is 0.0321. The molecule has 0 aliphatic carbocycles. The van der Waals surface area contributed by atoms with Crippen LogP contribution in [0.5, 0.6) is 0 Å². The molecule has 3 N–H and O–H groups in total. The van der Waals surface area contributed by atoms with Gasteiger partial charge in [0.15, 0.2) is 0 Å². The van der Waals surface area contributed by atoms with E-state index in [1.54, 1.807) is 6.08 Å². The van der Waals surface area contributed by atoms with E-state index in [0.29, 0.717) is 19.4 Å². The van der Waals surface area contributed by atoms with Crippen molar-refractivity contribution in [3.05, 3.63) is 24.3 Å². The standard InChI is InChI=1S/C60H115NO5/c1-3-5-7-9-11-13-15-17-19-20-21-22-23-24-25-27-28-32-36-40-44-48-52-58(63)57(56-62)61-59(64)53-49-45-41-37-33-30-31-35-39-43-47-51-55-66-60(65)54-50-46-42-38-34-29-26-18-16-14-12-10-8-6-4-2/h31,35,48,52,57-58,62-63H,3-30,32-34,36-47,49-51,53-56H2,1-2H3,(H,61,64)/b35-31-,52-48+. The maximum Gasteiger partial charge on any atom is 0.305 e. The monoisotopic (exact) mass is 930 g/mol. The maximum absolute atomic E-state index is 12.5. The molecule has 6 nitrogen and oxygen atoms in total. The van der Waals surface area contributed by atoms with Gasteiger partial charge >= 0.3 is 5.97 Å². The summed E-state index contributed by atoms with van der Waals surface area (Å²) in [5.74, 6) is -0.112. The summed E-state index contributed by atoms with van der Waals surface area (Å²) in [7, 11) is 0. The highest BCUT2D eigenvalue weighted by molar-refractivity contribution is 5.76. The zero-order valence-corrected chi connectivity index (χ0v) is 44.4. The Bertz CT molecular complexity index is 1030. The van der Waals surface area contributed by atoms with Gasteiger partial charge in [-0.1, -0.05) is 269 Å². The van der Waals surface area contributed by atoms with Crippen molar-refractivity contribution < 1.29 is 24.5 Å². The summed E-state index contributed by atoms with van der Waals surface area (Å²) in [5, 5.41) is 23.2. The first kappa shape index (κ1) is 64.3. The van der Waals surface area contributed by atoms with E-state index in [-0.39, 0.29) is 18.5 Å². The molecule has 0 saturated heterocycles. The Kier molecular flexibility index (Phi) is 54.5. The Morgan fingerprint density at radius 1 is 0.409 bits per heavy atom. The van der Waals surface area contributed by atoms with E-state index < -0.39 is 12.1 Å². The number of ether oxygens (including phenoxy) is 1. The first-order chi connectivity index (χ1) is 32.5. The summed E-state index contributed by atoms with van der Waals surface area (Å²) >= 11 is 0. The molecule has 0 spiro atoms. The van der Waals surface area contributed by atoms with E-state index in [1.807, 2.05) is 6.08 Å². The van der Waals surface area contributed by atoms with E-state index in [1.165, 1.54) is 218 Å². The Labute approximate surface area is 411 Å². The molecule has 66 heavy (non-hydrogen) atoms. The number of hydrogen-bond donors (Lipinski definition) is 3. The van der Waals surface area contributed by atoms with Crippen LogP contribution in [0.1, 0.15) is 322 Å². The highest BCUT2D eigenvalue weighted by Crippen LogP contribution is 2.17. The summed E-state index contributed by atoms with van der Waals surface area (Å²) in [6.07, 6.45) is 67.7. The molecule has 0 saturated carbocycles. The molecular formula is C60H115NO5. The molecule has 2 unspecified atom stereocenters. The summed E-state index contributed by atoms with van der Waals surface area (Å²) < 4.78 is 5.46. The van der Waals surface area contributed by atoms with Crippen LogP contribution in [0.2, 0.25) is 0 Å². The molecule has 2 atom stereocenters.